The normalized spacial score (nSPS) is 11.5. The number of H-pyrrole nitrogens is 1. The van der Waals surface area contributed by atoms with Gasteiger partial charge in [-0.15, -0.1) is 10.2 Å². The predicted octanol–water partition coefficient (Wildman–Crippen LogP) is 5.94. The number of aromatic nitrogens is 3. The second-order valence-corrected chi connectivity index (χ2v) is 6.79. The molecule has 0 aliphatic heterocycles. The molecule has 0 amide bonds. The number of hydrogen-bond acceptors (Lipinski definition) is 4. The van der Waals surface area contributed by atoms with Crippen molar-refractivity contribution in [2.75, 3.05) is 0 Å². The quantitative estimate of drug-likeness (QED) is 0.393. The molecule has 0 bridgehead atoms. The molecule has 5 nitrogen and oxygen atoms in total. The van der Waals surface area contributed by atoms with E-state index in [9.17, 15) is 0 Å². The number of aromatic amines is 1. The van der Waals surface area contributed by atoms with Gasteiger partial charge in [-0.3, -0.25) is 4.99 Å². The molecular formula is C24H18N4O. The van der Waals surface area contributed by atoms with E-state index < -0.39 is 0 Å². The average Bonchev–Trinajstić information content (AvgIpc) is 3.38. The van der Waals surface area contributed by atoms with Crippen molar-refractivity contribution in [1.29, 1.82) is 0 Å². The van der Waals surface area contributed by atoms with Crippen LogP contribution in [0.3, 0.4) is 0 Å². The lowest BCUT2D eigenvalue weighted by Crippen LogP contribution is -1.82. The summed E-state index contributed by atoms with van der Waals surface area (Å²) in [5.41, 5.74) is 5.96. The summed E-state index contributed by atoms with van der Waals surface area (Å²) in [5, 5.41) is 9.48. The fourth-order valence-corrected chi connectivity index (χ4v) is 3.33. The van der Waals surface area contributed by atoms with Gasteiger partial charge < -0.3 is 9.40 Å². The molecule has 0 aliphatic rings. The van der Waals surface area contributed by atoms with Crippen molar-refractivity contribution in [3.05, 3.63) is 90.1 Å². The summed E-state index contributed by atoms with van der Waals surface area (Å²) in [6, 6.07) is 25.8. The average molecular weight is 378 g/mol. The highest BCUT2D eigenvalue weighted by Gasteiger charge is 2.10. The SMILES string of the molecule is Cc1[nH]c2ccccc2c1C=Nc1ccc(-c2nnc(-c3ccccc3)o2)cc1. The highest BCUT2D eigenvalue weighted by Crippen LogP contribution is 2.26. The number of aliphatic imine (C=N–C) groups is 1. The molecule has 0 saturated heterocycles. The van der Waals surface area contributed by atoms with Gasteiger partial charge >= 0.3 is 0 Å². The third-order valence-corrected chi connectivity index (χ3v) is 4.85. The Morgan fingerprint density at radius 1 is 0.793 bits per heavy atom. The Kier molecular flexibility index (Phi) is 4.26. The summed E-state index contributed by atoms with van der Waals surface area (Å²) in [4.78, 5) is 8.03. The van der Waals surface area contributed by atoms with Crippen molar-refractivity contribution in [1.82, 2.24) is 15.2 Å². The van der Waals surface area contributed by atoms with Crippen LogP contribution >= 0.6 is 0 Å². The Balaban J connectivity index is 1.39. The maximum absolute atomic E-state index is 5.81. The van der Waals surface area contributed by atoms with Crippen molar-refractivity contribution >= 4 is 22.8 Å². The van der Waals surface area contributed by atoms with Gasteiger partial charge in [0.05, 0.1) is 5.69 Å². The van der Waals surface area contributed by atoms with Crippen LogP contribution in [0.5, 0.6) is 0 Å². The van der Waals surface area contributed by atoms with Crippen LogP contribution in [0.1, 0.15) is 11.3 Å². The summed E-state index contributed by atoms with van der Waals surface area (Å²) >= 11 is 0. The number of hydrogen-bond donors (Lipinski definition) is 1. The van der Waals surface area contributed by atoms with E-state index in [1.165, 1.54) is 5.39 Å². The molecule has 0 aliphatic carbocycles. The third kappa shape index (κ3) is 3.34. The van der Waals surface area contributed by atoms with Gasteiger partial charge in [-0.25, -0.2) is 0 Å². The highest BCUT2D eigenvalue weighted by molar-refractivity contribution is 6.01. The number of benzene rings is 3. The predicted molar refractivity (Wildman–Crippen MR) is 115 cm³/mol. The first kappa shape index (κ1) is 17.1. The fraction of sp³-hybridized carbons (Fsp3) is 0.0417. The van der Waals surface area contributed by atoms with Gasteiger partial charge in [-0.1, -0.05) is 36.4 Å². The summed E-state index contributed by atoms with van der Waals surface area (Å²) < 4.78 is 5.81. The van der Waals surface area contributed by atoms with Crippen molar-refractivity contribution in [3.8, 4) is 22.9 Å². The number of fused-ring (bicyclic) bond motifs is 1. The number of aryl methyl sites for hydroxylation is 1. The number of rotatable bonds is 4. The van der Waals surface area contributed by atoms with Crippen LogP contribution in [0.4, 0.5) is 5.69 Å². The molecule has 140 valence electrons. The second-order valence-electron chi connectivity index (χ2n) is 6.79. The third-order valence-electron chi connectivity index (χ3n) is 4.85. The molecule has 29 heavy (non-hydrogen) atoms. The van der Waals surface area contributed by atoms with Gasteiger partial charge in [0.2, 0.25) is 11.8 Å². The Morgan fingerprint density at radius 3 is 2.21 bits per heavy atom. The van der Waals surface area contributed by atoms with E-state index in [2.05, 4.69) is 39.2 Å². The van der Waals surface area contributed by atoms with Crippen LogP contribution in [-0.4, -0.2) is 21.4 Å². The lowest BCUT2D eigenvalue weighted by atomic mass is 10.1. The van der Waals surface area contributed by atoms with E-state index in [0.29, 0.717) is 11.8 Å². The minimum Gasteiger partial charge on any atom is -0.416 e. The molecular weight excluding hydrogens is 360 g/mol. The first-order valence-corrected chi connectivity index (χ1v) is 9.39. The van der Waals surface area contributed by atoms with E-state index in [1.807, 2.05) is 72.9 Å². The van der Waals surface area contributed by atoms with Crippen LogP contribution in [0.15, 0.2) is 88.3 Å². The van der Waals surface area contributed by atoms with Gasteiger partial charge in [-0.2, -0.15) is 0 Å². The second kappa shape index (κ2) is 7.20. The summed E-state index contributed by atoms with van der Waals surface area (Å²) in [6.45, 7) is 2.06. The molecule has 2 heterocycles. The summed E-state index contributed by atoms with van der Waals surface area (Å²) in [5.74, 6) is 1.00. The molecule has 0 atom stereocenters. The van der Waals surface area contributed by atoms with E-state index in [1.54, 1.807) is 0 Å². The minimum absolute atomic E-state index is 0.492. The highest BCUT2D eigenvalue weighted by atomic mass is 16.4. The first-order chi connectivity index (χ1) is 14.3. The number of nitrogens with one attached hydrogen (secondary N) is 1. The molecule has 5 rings (SSSR count). The van der Waals surface area contributed by atoms with E-state index in [-0.39, 0.29) is 0 Å². The lowest BCUT2D eigenvalue weighted by molar-refractivity contribution is 0.584. The molecule has 0 saturated carbocycles. The van der Waals surface area contributed by atoms with E-state index in [0.717, 1.165) is 33.6 Å². The zero-order chi connectivity index (χ0) is 19.6. The molecule has 1 N–H and O–H groups in total. The standard InChI is InChI=1S/C24H18N4O/c1-16-21(20-9-5-6-10-22(20)26-16)15-25-19-13-11-18(12-14-19)24-28-27-23(29-24)17-7-3-2-4-8-17/h2-15,26H,1H3. The molecule has 5 aromatic rings. The first-order valence-electron chi connectivity index (χ1n) is 9.39. The maximum Gasteiger partial charge on any atom is 0.248 e. The Morgan fingerprint density at radius 2 is 1.45 bits per heavy atom. The lowest BCUT2D eigenvalue weighted by Gasteiger charge is -1.98. The summed E-state index contributed by atoms with van der Waals surface area (Å²) in [6.07, 6.45) is 1.91. The van der Waals surface area contributed by atoms with Crippen molar-refractivity contribution < 1.29 is 4.42 Å². The van der Waals surface area contributed by atoms with E-state index in [4.69, 9.17) is 4.42 Å². The molecule has 0 radical (unpaired) electrons. The Labute approximate surface area is 167 Å². The molecule has 0 unspecified atom stereocenters. The largest absolute Gasteiger partial charge is 0.416 e. The fourth-order valence-electron chi connectivity index (χ4n) is 3.33. The van der Waals surface area contributed by atoms with Crippen LogP contribution < -0.4 is 0 Å². The van der Waals surface area contributed by atoms with Crippen LogP contribution in [0, 0.1) is 6.92 Å². The minimum atomic E-state index is 0.492. The zero-order valence-corrected chi connectivity index (χ0v) is 15.8. The van der Waals surface area contributed by atoms with Crippen LogP contribution in [0.25, 0.3) is 33.8 Å². The summed E-state index contributed by atoms with van der Waals surface area (Å²) in [7, 11) is 0. The van der Waals surface area contributed by atoms with E-state index >= 15 is 0 Å². The van der Waals surface area contributed by atoms with Crippen molar-refractivity contribution in [2.24, 2.45) is 4.99 Å². The molecule has 0 spiro atoms. The number of para-hydroxylation sites is 1. The monoisotopic (exact) mass is 378 g/mol. The molecule has 0 fully saturated rings. The number of nitrogens with zero attached hydrogens (tertiary/aromatic N) is 3. The topological polar surface area (TPSA) is 67.1 Å². The van der Waals surface area contributed by atoms with Gasteiger partial charge in [0.1, 0.15) is 0 Å². The molecule has 2 aromatic heterocycles. The molecule has 3 aromatic carbocycles. The van der Waals surface area contributed by atoms with Crippen LogP contribution in [0.2, 0.25) is 0 Å². The Bertz CT molecular complexity index is 1300. The van der Waals surface area contributed by atoms with Gasteiger partial charge in [0.25, 0.3) is 0 Å². The van der Waals surface area contributed by atoms with Crippen molar-refractivity contribution in [3.63, 3.8) is 0 Å². The Hall–Kier alpha value is -3.99. The molecule has 5 heteroatoms. The maximum atomic E-state index is 5.81. The van der Waals surface area contributed by atoms with Gasteiger partial charge in [0, 0.05) is 39.5 Å². The zero-order valence-electron chi connectivity index (χ0n) is 15.8. The van der Waals surface area contributed by atoms with Crippen LogP contribution in [-0.2, 0) is 0 Å². The van der Waals surface area contributed by atoms with Gasteiger partial charge in [-0.05, 0) is 49.4 Å². The van der Waals surface area contributed by atoms with Gasteiger partial charge in [0.15, 0.2) is 0 Å². The van der Waals surface area contributed by atoms with Crippen molar-refractivity contribution in [2.45, 2.75) is 6.92 Å². The smallest absolute Gasteiger partial charge is 0.248 e.